The van der Waals surface area contributed by atoms with Crippen LogP contribution >= 0.6 is 0 Å². The molecular formula is C27H36O5. The number of carboxylic acid groups (broad SMARTS) is 1. The van der Waals surface area contributed by atoms with Gasteiger partial charge in [0, 0.05) is 11.1 Å². The summed E-state index contributed by atoms with van der Waals surface area (Å²) in [6.07, 6.45) is 11.1. The lowest BCUT2D eigenvalue weighted by molar-refractivity contribution is -0.132. The quantitative estimate of drug-likeness (QED) is 0.286. The molecule has 2 rings (SSSR count). The molecule has 5 nitrogen and oxygen atoms in total. The monoisotopic (exact) mass is 440 g/mol. The number of aliphatic hydroxyl groups excluding tert-OH is 1. The van der Waals surface area contributed by atoms with Crippen LogP contribution in [0.25, 0.3) is 6.08 Å². The second kappa shape index (κ2) is 11.2. The Kier molecular flexibility index (Phi) is 8.90. The van der Waals surface area contributed by atoms with E-state index in [1.807, 2.05) is 19.1 Å². The second-order valence-electron chi connectivity index (χ2n) is 8.99. The fourth-order valence-corrected chi connectivity index (χ4v) is 3.73. The molecule has 0 bridgehead atoms. The molecule has 0 saturated heterocycles. The van der Waals surface area contributed by atoms with Gasteiger partial charge in [0.1, 0.15) is 17.1 Å². The standard InChI is InChI=1S/C27H36O5/c1-18(2)24(29)12-11-21(26(30)31)10-6-8-19(3)9-7-14-27(5)15-13-22-17-23(28)16-20(4)25(22)32-27/h9-10,13,15-17,24,28-29H,1,6-8,11-12,14H2,2-5H3,(H,30,31)/b19-9+,21-10-/t24?,27-/m1/s1. The highest BCUT2D eigenvalue weighted by atomic mass is 16.5. The van der Waals surface area contributed by atoms with Gasteiger partial charge in [0.15, 0.2) is 0 Å². The Morgan fingerprint density at radius 3 is 2.59 bits per heavy atom. The lowest BCUT2D eigenvalue weighted by Crippen LogP contribution is -2.32. The van der Waals surface area contributed by atoms with Gasteiger partial charge in [-0.05, 0) is 90.0 Å². The van der Waals surface area contributed by atoms with Gasteiger partial charge in [-0.3, -0.25) is 0 Å². The van der Waals surface area contributed by atoms with Crippen molar-refractivity contribution in [1.82, 2.24) is 0 Å². The number of rotatable bonds is 11. The molecule has 2 atom stereocenters. The number of phenols is 1. The molecule has 0 amide bonds. The van der Waals surface area contributed by atoms with Crippen molar-refractivity contribution in [3.05, 3.63) is 64.8 Å². The number of carboxylic acids is 1. The van der Waals surface area contributed by atoms with Crippen LogP contribution in [0.4, 0.5) is 0 Å². The number of fused-ring (bicyclic) bond motifs is 1. The maximum Gasteiger partial charge on any atom is 0.331 e. The van der Waals surface area contributed by atoms with Gasteiger partial charge in [0.05, 0.1) is 6.10 Å². The molecule has 0 fully saturated rings. The summed E-state index contributed by atoms with van der Waals surface area (Å²) in [6.45, 7) is 11.5. The predicted molar refractivity (Wildman–Crippen MR) is 129 cm³/mol. The highest BCUT2D eigenvalue weighted by Crippen LogP contribution is 2.38. The van der Waals surface area contributed by atoms with Crippen LogP contribution in [0.2, 0.25) is 0 Å². The zero-order valence-electron chi connectivity index (χ0n) is 19.6. The maximum absolute atomic E-state index is 11.4. The average molecular weight is 441 g/mol. The number of hydrogen-bond donors (Lipinski definition) is 3. The lowest BCUT2D eigenvalue weighted by Gasteiger charge is -2.32. The zero-order valence-corrected chi connectivity index (χ0v) is 19.6. The van der Waals surface area contributed by atoms with Crippen molar-refractivity contribution < 1.29 is 24.9 Å². The number of aryl methyl sites for hydroxylation is 1. The molecule has 0 spiro atoms. The van der Waals surface area contributed by atoms with Crippen LogP contribution in [0.5, 0.6) is 11.5 Å². The van der Waals surface area contributed by atoms with Crippen molar-refractivity contribution in [2.75, 3.05) is 0 Å². The first-order valence-electron chi connectivity index (χ1n) is 11.1. The van der Waals surface area contributed by atoms with Gasteiger partial charge in [0.25, 0.3) is 0 Å². The number of aliphatic carboxylic acids is 1. The van der Waals surface area contributed by atoms with Crippen LogP contribution in [0.1, 0.15) is 70.4 Å². The minimum atomic E-state index is -0.932. The molecule has 174 valence electrons. The molecule has 1 heterocycles. The SMILES string of the molecule is C=C(C)C(O)CC/C(=C/CC/C(C)=C/CC[C@]1(C)C=Cc2cc(O)cc(C)c2O1)C(=O)O. The van der Waals surface area contributed by atoms with E-state index in [4.69, 9.17) is 4.74 Å². The number of aromatic hydroxyl groups is 1. The van der Waals surface area contributed by atoms with E-state index in [9.17, 15) is 20.1 Å². The van der Waals surface area contributed by atoms with E-state index in [1.54, 1.807) is 25.1 Å². The highest BCUT2D eigenvalue weighted by Gasteiger charge is 2.27. The number of ether oxygens (including phenoxy) is 1. The second-order valence-corrected chi connectivity index (χ2v) is 8.99. The summed E-state index contributed by atoms with van der Waals surface area (Å²) in [4.78, 5) is 11.4. The lowest BCUT2D eigenvalue weighted by atomic mass is 9.93. The first kappa shape index (κ1) is 25.5. The number of phenolic OH excluding ortho intramolecular Hbond substituents is 1. The summed E-state index contributed by atoms with van der Waals surface area (Å²) in [5.74, 6) is 0.124. The molecule has 0 aliphatic carbocycles. The summed E-state index contributed by atoms with van der Waals surface area (Å²) in [5.41, 5.74) is 3.59. The van der Waals surface area contributed by atoms with Gasteiger partial charge in [0.2, 0.25) is 0 Å². The Morgan fingerprint density at radius 2 is 1.94 bits per heavy atom. The van der Waals surface area contributed by atoms with Crippen molar-refractivity contribution in [3.63, 3.8) is 0 Å². The molecule has 32 heavy (non-hydrogen) atoms. The van der Waals surface area contributed by atoms with Gasteiger partial charge in [-0.25, -0.2) is 4.79 Å². The van der Waals surface area contributed by atoms with Gasteiger partial charge in [-0.2, -0.15) is 0 Å². The molecule has 3 N–H and O–H groups in total. The summed E-state index contributed by atoms with van der Waals surface area (Å²) in [7, 11) is 0. The molecule has 0 aromatic heterocycles. The third-order valence-electron chi connectivity index (χ3n) is 5.83. The van der Waals surface area contributed by atoms with E-state index in [0.29, 0.717) is 30.4 Å². The van der Waals surface area contributed by atoms with Crippen molar-refractivity contribution in [1.29, 1.82) is 0 Å². The number of allylic oxidation sites excluding steroid dienone is 3. The van der Waals surface area contributed by atoms with Gasteiger partial charge < -0.3 is 20.1 Å². The summed E-state index contributed by atoms with van der Waals surface area (Å²) < 4.78 is 6.26. The summed E-state index contributed by atoms with van der Waals surface area (Å²) >= 11 is 0. The van der Waals surface area contributed by atoms with Crippen molar-refractivity contribution >= 4 is 12.0 Å². The van der Waals surface area contributed by atoms with Gasteiger partial charge in [-0.1, -0.05) is 36.0 Å². The van der Waals surface area contributed by atoms with E-state index in [-0.39, 0.29) is 5.75 Å². The molecular weight excluding hydrogens is 404 g/mol. The average Bonchev–Trinajstić information content (AvgIpc) is 2.70. The molecule has 1 aromatic carbocycles. The molecule has 1 aliphatic rings. The van der Waals surface area contributed by atoms with E-state index < -0.39 is 17.7 Å². The number of hydrogen-bond acceptors (Lipinski definition) is 4. The van der Waals surface area contributed by atoms with Crippen LogP contribution in [-0.4, -0.2) is 33.0 Å². The van der Waals surface area contributed by atoms with Crippen molar-refractivity contribution in [3.8, 4) is 11.5 Å². The normalized spacial score (nSPS) is 19.3. The first-order valence-corrected chi connectivity index (χ1v) is 11.1. The highest BCUT2D eigenvalue weighted by molar-refractivity contribution is 5.86. The maximum atomic E-state index is 11.4. The van der Waals surface area contributed by atoms with Crippen molar-refractivity contribution in [2.45, 2.75) is 77.9 Å². The smallest absolute Gasteiger partial charge is 0.331 e. The molecule has 0 radical (unpaired) electrons. The topological polar surface area (TPSA) is 87.0 Å². The fourth-order valence-electron chi connectivity index (χ4n) is 3.73. The van der Waals surface area contributed by atoms with Crippen LogP contribution in [0, 0.1) is 6.92 Å². The summed E-state index contributed by atoms with van der Waals surface area (Å²) in [5, 5.41) is 29.0. The number of aliphatic hydroxyl groups is 1. The van der Waals surface area contributed by atoms with E-state index in [1.165, 1.54) is 5.57 Å². The van der Waals surface area contributed by atoms with Crippen molar-refractivity contribution in [2.24, 2.45) is 0 Å². The Labute approximate surface area is 191 Å². The van der Waals surface area contributed by atoms with Crippen LogP contribution < -0.4 is 4.74 Å². The van der Waals surface area contributed by atoms with Crippen LogP contribution in [0.15, 0.2) is 53.7 Å². The first-order chi connectivity index (χ1) is 15.0. The summed E-state index contributed by atoms with van der Waals surface area (Å²) in [6, 6.07) is 3.42. The van der Waals surface area contributed by atoms with Crippen LogP contribution in [-0.2, 0) is 4.79 Å². The molecule has 1 aromatic rings. The van der Waals surface area contributed by atoms with E-state index in [0.717, 1.165) is 36.1 Å². The third-order valence-corrected chi connectivity index (χ3v) is 5.83. The zero-order chi connectivity index (χ0) is 23.9. The van der Waals surface area contributed by atoms with E-state index in [2.05, 4.69) is 26.5 Å². The molecule has 5 heteroatoms. The largest absolute Gasteiger partial charge is 0.508 e. The predicted octanol–water partition coefficient (Wildman–Crippen LogP) is 6.10. The third kappa shape index (κ3) is 7.41. The molecule has 1 unspecified atom stereocenters. The minimum Gasteiger partial charge on any atom is -0.508 e. The number of benzene rings is 1. The van der Waals surface area contributed by atoms with Gasteiger partial charge in [-0.15, -0.1) is 0 Å². The Bertz CT molecular complexity index is 938. The molecule has 1 aliphatic heterocycles. The number of carbonyl (C=O) groups is 1. The Morgan fingerprint density at radius 1 is 1.22 bits per heavy atom. The Hall–Kier alpha value is -2.79. The Balaban J connectivity index is 1.87. The van der Waals surface area contributed by atoms with E-state index >= 15 is 0 Å². The fraction of sp³-hybridized carbons (Fsp3) is 0.444. The van der Waals surface area contributed by atoms with Gasteiger partial charge >= 0.3 is 5.97 Å². The molecule has 0 saturated carbocycles. The minimum absolute atomic E-state index is 0.240. The van der Waals surface area contributed by atoms with Crippen LogP contribution in [0.3, 0.4) is 0 Å².